The van der Waals surface area contributed by atoms with Gasteiger partial charge in [0, 0.05) is 19.1 Å². The molecule has 1 saturated heterocycles. The third-order valence-electron chi connectivity index (χ3n) is 3.80. The Bertz CT molecular complexity index is 537. The maximum absolute atomic E-state index is 12.9. The minimum Gasteiger partial charge on any atom is -0.315 e. The lowest BCUT2D eigenvalue weighted by Gasteiger charge is -2.34. The van der Waals surface area contributed by atoms with Crippen LogP contribution in [0.2, 0.25) is 0 Å². The fourth-order valence-corrected chi connectivity index (χ4v) is 4.74. The van der Waals surface area contributed by atoms with E-state index >= 15 is 0 Å². The molecule has 0 spiro atoms. The van der Waals surface area contributed by atoms with Crippen molar-refractivity contribution >= 4 is 10.0 Å². The van der Waals surface area contributed by atoms with Crippen LogP contribution in [-0.2, 0) is 10.0 Å². The van der Waals surface area contributed by atoms with Crippen molar-refractivity contribution < 1.29 is 8.42 Å². The van der Waals surface area contributed by atoms with E-state index < -0.39 is 10.0 Å². The van der Waals surface area contributed by atoms with Gasteiger partial charge in [0.05, 0.1) is 4.90 Å². The van der Waals surface area contributed by atoms with Crippen LogP contribution in [0.5, 0.6) is 0 Å². The lowest BCUT2D eigenvalue weighted by molar-refractivity contribution is 0.266. The molecule has 0 bridgehead atoms. The van der Waals surface area contributed by atoms with Crippen molar-refractivity contribution in [2.75, 3.05) is 19.6 Å². The molecule has 1 aliphatic heterocycles. The molecular weight excluding hydrogens is 272 g/mol. The van der Waals surface area contributed by atoms with Crippen LogP contribution < -0.4 is 5.32 Å². The van der Waals surface area contributed by atoms with E-state index in [2.05, 4.69) is 5.32 Å². The van der Waals surface area contributed by atoms with Crippen LogP contribution in [0.3, 0.4) is 0 Å². The zero-order valence-corrected chi connectivity index (χ0v) is 13.1. The number of nitrogens with zero attached hydrogens (tertiary/aromatic N) is 1. The molecule has 0 amide bonds. The molecule has 1 unspecified atom stereocenters. The second-order valence-corrected chi connectivity index (χ2v) is 7.24. The molecule has 20 heavy (non-hydrogen) atoms. The fraction of sp³-hybridized carbons (Fsp3) is 0.600. The van der Waals surface area contributed by atoms with Gasteiger partial charge < -0.3 is 5.32 Å². The molecule has 4 nitrogen and oxygen atoms in total. The molecule has 1 fully saturated rings. The number of aryl methyl sites for hydroxylation is 1. The Morgan fingerprint density at radius 2 is 2.10 bits per heavy atom. The first-order chi connectivity index (χ1) is 9.57. The van der Waals surface area contributed by atoms with Gasteiger partial charge in [0.15, 0.2) is 0 Å². The molecule has 0 saturated carbocycles. The maximum atomic E-state index is 12.9. The largest absolute Gasteiger partial charge is 0.315 e. The molecule has 1 aromatic carbocycles. The molecule has 1 aromatic rings. The van der Waals surface area contributed by atoms with Gasteiger partial charge in [0.2, 0.25) is 10.0 Å². The molecular formula is C15H24N2O2S. The van der Waals surface area contributed by atoms with Crippen LogP contribution in [0, 0.1) is 6.92 Å². The van der Waals surface area contributed by atoms with E-state index in [-0.39, 0.29) is 6.04 Å². The highest BCUT2D eigenvalue weighted by molar-refractivity contribution is 7.89. The summed E-state index contributed by atoms with van der Waals surface area (Å²) in [5.74, 6) is 0. The molecule has 2 rings (SSSR count). The average molecular weight is 296 g/mol. The van der Waals surface area contributed by atoms with Crippen LogP contribution >= 0.6 is 0 Å². The number of rotatable bonds is 5. The third-order valence-corrected chi connectivity index (χ3v) is 5.91. The first-order valence-electron chi connectivity index (χ1n) is 7.35. The quantitative estimate of drug-likeness (QED) is 0.906. The van der Waals surface area contributed by atoms with Gasteiger partial charge in [0.25, 0.3) is 0 Å². The number of nitrogens with one attached hydrogen (secondary N) is 1. The molecule has 5 heteroatoms. The first kappa shape index (κ1) is 15.5. The summed E-state index contributed by atoms with van der Waals surface area (Å²) in [6, 6.07) is 7.32. The van der Waals surface area contributed by atoms with E-state index in [1.54, 1.807) is 16.4 Å². The molecule has 1 heterocycles. The van der Waals surface area contributed by atoms with Crippen molar-refractivity contribution in [2.45, 2.75) is 44.0 Å². The Morgan fingerprint density at radius 3 is 2.70 bits per heavy atom. The predicted octanol–water partition coefficient (Wildman–Crippen LogP) is 2.15. The minimum absolute atomic E-state index is 0.0771. The van der Waals surface area contributed by atoms with Gasteiger partial charge in [-0.2, -0.15) is 4.31 Å². The number of piperidine rings is 1. The Morgan fingerprint density at radius 1 is 1.35 bits per heavy atom. The second-order valence-electron chi connectivity index (χ2n) is 5.38. The monoisotopic (exact) mass is 296 g/mol. The molecule has 1 N–H and O–H groups in total. The molecule has 0 radical (unpaired) electrons. The van der Waals surface area contributed by atoms with Crippen molar-refractivity contribution in [2.24, 2.45) is 0 Å². The standard InChI is InChI=1S/C15H24N2O2S/c1-3-11-17(14-8-6-10-16-12-14)20(18,19)15-9-5-4-7-13(15)2/h4-5,7,9,14,16H,3,6,8,10-12H2,1-2H3. The van der Waals surface area contributed by atoms with Gasteiger partial charge in [-0.3, -0.25) is 0 Å². The molecule has 1 atom stereocenters. The zero-order valence-electron chi connectivity index (χ0n) is 12.3. The number of sulfonamides is 1. The van der Waals surface area contributed by atoms with Gasteiger partial charge in [-0.1, -0.05) is 25.1 Å². The Balaban J connectivity index is 2.34. The number of hydrogen-bond donors (Lipinski definition) is 1. The number of hydrogen-bond acceptors (Lipinski definition) is 3. The van der Waals surface area contributed by atoms with E-state index in [0.717, 1.165) is 37.9 Å². The molecule has 112 valence electrons. The SMILES string of the molecule is CCCN(C1CCCNC1)S(=O)(=O)c1ccccc1C. The topological polar surface area (TPSA) is 49.4 Å². The van der Waals surface area contributed by atoms with E-state index in [1.165, 1.54) is 0 Å². The van der Waals surface area contributed by atoms with Gasteiger partial charge in [-0.25, -0.2) is 8.42 Å². The van der Waals surface area contributed by atoms with Crippen molar-refractivity contribution in [3.63, 3.8) is 0 Å². The van der Waals surface area contributed by atoms with Crippen molar-refractivity contribution in [1.82, 2.24) is 9.62 Å². The van der Waals surface area contributed by atoms with E-state index in [9.17, 15) is 8.42 Å². The summed E-state index contributed by atoms with van der Waals surface area (Å²) >= 11 is 0. The van der Waals surface area contributed by atoms with E-state index in [1.807, 2.05) is 26.0 Å². The zero-order chi connectivity index (χ0) is 14.6. The third kappa shape index (κ3) is 3.22. The summed E-state index contributed by atoms with van der Waals surface area (Å²) in [5, 5.41) is 3.31. The van der Waals surface area contributed by atoms with Crippen molar-refractivity contribution in [3.05, 3.63) is 29.8 Å². The maximum Gasteiger partial charge on any atom is 0.243 e. The first-order valence-corrected chi connectivity index (χ1v) is 8.79. The van der Waals surface area contributed by atoms with Crippen LogP contribution in [0.4, 0.5) is 0 Å². The summed E-state index contributed by atoms with van der Waals surface area (Å²) in [5.41, 5.74) is 0.817. The van der Waals surface area contributed by atoms with Gasteiger partial charge in [0.1, 0.15) is 0 Å². The summed E-state index contributed by atoms with van der Waals surface area (Å²) in [6.45, 7) is 6.21. The number of benzene rings is 1. The molecule has 0 aromatic heterocycles. The molecule has 1 aliphatic rings. The van der Waals surface area contributed by atoms with Crippen LogP contribution in [0.1, 0.15) is 31.7 Å². The minimum atomic E-state index is -3.40. The van der Waals surface area contributed by atoms with Crippen LogP contribution in [0.15, 0.2) is 29.2 Å². The van der Waals surface area contributed by atoms with Crippen molar-refractivity contribution in [3.8, 4) is 0 Å². The second kappa shape index (κ2) is 6.70. The van der Waals surface area contributed by atoms with Crippen LogP contribution in [-0.4, -0.2) is 38.4 Å². The smallest absolute Gasteiger partial charge is 0.243 e. The highest BCUT2D eigenvalue weighted by Gasteiger charge is 2.32. The summed E-state index contributed by atoms with van der Waals surface area (Å²) in [7, 11) is -3.40. The van der Waals surface area contributed by atoms with Crippen molar-refractivity contribution in [1.29, 1.82) is 0 Å². The Labute approximate surface area is 122 Å². The Hall–Kier alpha value is -0.910. The molecule has 0 aliphatic carbocycles. The van der Waals surface area contributed by atoms with Gasteiger partial charge >= 0.3 is 0 Å². The summed E-state index contributed by atoms with van der Waals surface area (Å²) in [4.78, 5) is 0.444. The predicted molar refractivity (Wildman–Crippen MR) is 81.3 cm³/mol. The highest BCUT2D eigenvalue weighted by atomic mass is 32.2. The van der Waals surface area contributed by atoms with Crippen LogP contribution in [0.25, 0.3) is 0 Å². The lowest BCUT2D eigenvalue weighted by Crippen LogP contribution is -2.49. The average Bonchev–Trinajstić information content (AvgIpc) is 2.45. The van der Waals surface area contributed by atoms with Gasteiger partial charge in [-0.15, -0.1) is 0 Å². The fourth-order valence-electron chi connectivity index (χ4n) is 2.77. The summed E-state index contributed by atoms with van der Waals surface area (Å²) in [6.07, 6.45) is 2.81. The Kier molecular flexibility index (Phi) is 5.18. The van der Waals surface area contributed by atoms with Gasteiger partial charge in [-0.05, 0) is 44.4 Å². The van der Waals surface area contributed by atoms with E-state index in [4.69, 9.17) is 0 Å². The lowest BCUT2D eigenvalue weighted by atomic mass is 10.1. The summed E-state index contributed by atoms with van der Waals surface area (Å²) < 4.78 is 27.6. The van der Waals surface area contributed by atoms with E-state index in [0.29, 0.717) is 11.4 Å². The highest BCUT2D eigenvalue weighted by Crippen LogP contribution is 2.24. The normalized spacial score (nSPS) is 20.2.